The summed E-state index contributed by atoms with van der Waals surface area (Å²) in [5.74, 6) is 0.0907. The summed E-state index contributed by atoms with van der Waals surface area (Å²) in [5, 5.41) is 2.80. The molecule has 1 aromatic carbocycles. The molecule has 0 radical (unpaired) electrons. The van der Waals surface area contributed by atoms with E-state index >= 15 is 0 Å². The molecule has 1 fully saturated rings. The standard InChI is InChI=1S/C20H30N2O3/c1-3-16(2)18(19(23)22-13-9-4-5-10-14-22)21-20(24)25-15-17-11-7-6-8-12-17/h6-8,11-12,16,18H,3-5,9-10,13-15H2,1-2H3,(H,21,24)/t16-,18-/m0/s1. The van der Waals surface area contributed by atoms with Gasteiger partial charge in [-0.15, -0.1) is 0 Å². The summed E-state index contributed by atoms with van der Waals surface area (Å²) in [5.41, 5.74) is 0.927. The van der Waals surface area contributed by atoms with Gasteiger partial charge in [0, 0.05) is 13.1 Å². The Hall–Kier alpha value is -2.04. The number of carbonyl (C=O) groups excluding carboxylic acids is 2. The van der Waals surface area contributed by atoms with Crippen LogP contribution in [0.4, 0.5) is 4.79 Å². The van der Waals surface area contributed by atoms with Crippen molar-refractivity contribution in [2.24, 2.45) is 5.92 Å². The first kappa shape index (κ1) is 19.3. The first-order valence-corrected chi connectivity index (χ1v) is 9.37. The van der Waals surface area contributed by atoms with Gasteiger partial charge in [-0.1, -0.05) is 63.4 Å². The molecular weight excluding hydrogens is 316 g/mol. The zero-order valence-electron chi connectivity index (χ0n) is 15.4. The summed E-state index contributed by atoms with van der Waals surface area (Å²) < 4.78 is 5.29. The number of alkyl carbamates (subject to hydrolysis) is 1. The van der Waals surface area contributed by atoms with E-state index in [1.165, 1.54) is 12.8 Å². The van der Waals surface area contributed by atoms with Crippen molar-refractivity contribution < 1.29 is 14.3 Å². The number of carbonyl (C=O) groups is 2. The van der Waals surface area contributed by atoms with Crippen LogP contribution in [0.15, 0.2) is 30.3 Å². The van der Waals surface area contributed by atoms with Crippen molar-refractivity contribution in [2.75, 3.05) is 13.1 Å². The van der Waals surface area contributed by atoms with E-state index in [-0.39, 0.29) is 18.4 Å². The molecule has 1 N–H and O–H groups in total. The predicted octanol–water partition coefficient (Wildman–Crippen LogP) is 3.73. The van der Waals surface area contributed by atoms with Crippen molar-refractivity contribution in [2.45, 2.75) is 58.6 Å². The quantitative estimate of drug-likeness (QED) is 0.854. The van der Waals surface area contributed by atoms with E-state index in [1.54, 1.807) is 0 Å². The van der Waals surface area contributed by atoms with E-state index < -0.39 is 12.1 Å². The van der Waals surface area contributed by atoms with Crippen molar-refractivity contribution in [3.63, 3.8) is 0 Å². The second-order valence-corrected chi connectivity index (χ2v) is 6.81. The third kappa shape index (κ3) is 6.07. The summed E-state index contributed by atoms with van der Waals surface area (Å²) in [6.45, 7) is 5.80. The Bertz CT molecular complexity index is 539. The van der Waals surface area contributed by atoms with Crippen LogP contribution in [0.5, 0.6) is 0 Å². The maximum absolute atomic E-state index is 12.9. The van der Waals surface area contributed by atoms with Gasteiger partial charge in [0.15, 0.2) is 0 Å². The highest BCUT2D eigenvalue weighted by atomic mass is 16.5. The van der Waals surface area contributed by atoms with Crippen LogP contribution in [0, 0.1) is 5.92 Å². The number of rotatable bonds is 6. The van der Waals surface area contributed by atoms with Crippen molar-refractivity contribution in [1.29, 1.82) is 0 Å². The van der Waals surface area contributed by atoms with Crippen LogP contribution in [0.3, 0.4) is 0 Å². The third-order valence-corrected chi connectivity index (χ3v) is 4.88. The first-order valence-electron chi connectivity index (χ1n) is 9.37. The predicted molar refractivity (Wildman–Crippen MR) is 98.1 cm³/mol. The Labute approximate surface area is 150 Å². The third-order valence-electron chi connectivity index (χ3n) is 4.88. The van der Waals surface area contributed by atoms with Gasteiger partial charge < -0.3 is 15.0 Å². The van der Waals surface area contributed by atoms with E-state index in [4.69, 9.17) is 4.74 Å². The van der Waals surface area contributed by atoms with Crippen LogP contribution < -0.4 is 5.32 Å². The van der Waals surface area contributed by atoms with Crippen LogP contribution >= 0.6 is 0 Å². The van der Waals surface area contributed by atoms with Crippen molar-refractivity contribution in [3.05, 3.63) is 35.9 Å². The number of likely N-dealkylation sites (tertiary alicyclic amines) is 1. The molecule has 1 heterocycles. The van der Waals surface area contributed by atoms with Crippen LogP contribution in [0.1, 0.15) is 51.5 Å². The Kier molecular flexibility index (Phi) is 7.76. The number of nitrogens with one attached hydrogen (secondary N) is 1. The molecule has 0 aromatic heterocycles. The van der Waals surface area contributed by atoms with E-state index in [0.29, 0.717) is 0 Å². The molecule has 1 saturated heterocycles. The van der Waals surface area contributed by atoms with E-state index in [9.17, 15) is 9.59 Å². The van der Waals surface area contributed by atoms with Gasteiger partial charge in [-0.2, -0.15) is 0 Å². The van der Waals surface area contributed by atoms with Gasteiger partial charge in [-0.3, -0.25) is 4.79 Å². The number of amides is 2. The van der Waals surface area contributed by atoms with Gasteiger partial charge in [-0.05, 0) is 24.3 Å². The molecule has 0 aliphatic carbocycles. The number of hydrogen-bond acceptors (Lipinski definition) is 3. The molecule has 2 rings (SSSR count). The molecule has 0 saturated carbocycles. The minimum absolute atomic E-state index is 0.0212. The molecule has 1 aliphatic rings. The second-order valence-electron chi connectivity index (χ2n) is 6.81. The molecule has 0 unspecified atom stereocenters. The molecule has 138 valence electrons. The topological polar surface area (TPSA) is 58.6 Å². The minimum Gasteiger partial charge on any atom is -0.445 e. The fraction of sp³-hybridized carbons (Fsp3) is 0.600. The van der Waals surface area contributed by atoms with Crippen molar-refractivity contribution >= 4 is 12.0 Å². The Morgan fingerprint density at radius 1 is 1.12 bits per heavy atom. The molecular formula is C20H30N2O3. The molecule has 2 atom stereocenters. The van der Waals surface area contributed by atoms with Gasteiger partial charge in [0.2, 0.25) is 5.91 Å². The van der Waals surface area contributed by atoms with Crippen LogP contribution in [0.25, 0.3) is 0 Å². The molecule has 25 heavy (non-hydrogen) atoms. The van der Waals surface area contributed by atoms with Gasteiger partial charge in [0.25, 0.3) is 0 Å². The van der Waals surface area contributed by atoms with Crippen LogP contribution in [-0.4, -0.2) is 36.0 Å². The van der Waals surface area contributed by atoms with E-state index in [2.05, 4.69) is 5.32 Å². The molecule has 5 nitrogen and oxygen atoms in total. The summed E-state index contributed by atoms with van der Waals surface area (Å²) in [4.78, 5) is 27.0. The van der Waals surface area contributed by atoms with Crippen molar-refractivity contribution in [3.8, 4) is 0 Å². The lowest BCUT2D eigenvalue weighted by molar-refractivity contribution is -0.134. The number of benzene rings is 1. The maximum Gasteiger partial charge on any atom is 0.408 e. The fourth-order valence-electron chi connectivity index (χ4n) is 3.06. The monoisotopic (exact) mass is 346 g/mol. The Morgan fingerprint density at radius 2 is 1.76 bits per heavy atom. The van der Waals surface area contributed by atoms with Gasteiger partial charge in [0.1, 0.15) is 12.6 Å². The lowest BCUT2D eigenvalue weighted by Gasteiger charge is -2.29. The second kappa shape index (κ2) is 10.1. The lowest BCUT2D eigenvalue weighted by atomic mass is 9.98. The molecule has 0 bridgehead atoms. The minimum atomic E-state index is -0.530. The average molecular weight is 346 g/mol. The highest BCUT2D eigenvalue weighted by molar-refractivity contribution is 5.86. The number of hydrogen-bond donors (Lipinski definition) is 1. The van der Waals surface area contributed by atoms with Crippen molar-refractivity contribution in [1.82, 2.24) is 10.2 Å². The molecule has 1 aromatic rings. The number of ether oxygens (including phenoxy) is 1. The first-order chi connectivity index (χ1) is 12.1. The normalized spacial score (nSPS) is 17.3. The molecule has 1 aliphatic heterocycles. The highest BCUT2D eigenvalue weighted by Gasteiger charge is 2.30. The highest BCUT2D eigenvalue weighted by Crippen LogP contribution is 2.16. The average Bonchev–Trinajstić information content (AvgIpc) is 2.93. The smallest absolute Gasteiger partial charge is 0.408 e. The summed E-state index contributed by atoms with van der Waals surface area (Å²) in [7, 11) is 0. The summed E-state index contributed by atoms with van der Waals surface area (Å²) >= 11 is 0. The van der Waals surface area contributed by atoms with Crippen LogP contribution in [-0.2, 0) is 16.1 Å². The molecule has 0 spiro atoms. The fourth-order valence-corrected chi connectivity index (χ4v) is 3.06. The summed E-state index contributed by atoms with van der Waals surface area (Å²) in [6, 6.07) is 9.01. The summed E-state index contributed by atoms with van der Waals surface area (Å²) in [6.07, 6.45) is 4.71. The van der Waals surface area contributed by atoms with Gasteiger partial charge in [0.05, 0.1) is 0 Å². The maximum atomic E-state index is 12.9. The van der Waals surface area contributed by atoms with Gasteiger partial charge in [-0.25, -0.2) is 4.79 Å². The zero-order chi connectivity index (χ0) is 18.1. The van der Waals surface area contributed by atoms with E-state index in [0.717, 1.165) is 37.9 Å². The Morgan fingerprint density at radius 3 is 2.36 bits per heavy atom. The zero-order valence-corrected chi connectivity index (χ0v) is 15.4. The van der Waals surface area contributed by atoms with Crippen LogP contribution in [0.2, 0.25) is 0 Å². The number of nitrogens with zero attached hydrogens (tertiary/aromatic N) is 1. The van der Waals surface area contributed by atoms with Gasteiger partial charge >= 0.3 is 6.09 Å². The van der Waals surface area contributed by atoms with E-state index in [1.807, 2.05) is 49.1 Å². The largest absolute Gasteiger partial charge is 0.445 e. The lowest BCUT2D eigenvalue weighted by Crippen LogP contribution is -2.52. The Balaban J connectivity index is 1.94. The SMILES string of the molecule is CC[C@H](C)[C@H](NC(=O)OCc1ccccc1)C(=O)N1CCCCCC1. The molecule has 5 heteroatoms. The molecule has 2 amide bonds.